The Labute approximate surface area is 243 Å². The Hall–Kier alpha value is -3.15. The average molecular weight is 529 g/mol. The molecule has 2 heterocycles. The Morgan fingerprint density at radius 3 is 2.58 bits per heavy atom. The van der Waals surface area contributed by atoms with Crippen molar-refractivity contribution in [2.45, 2.75) is 71.9 Å². The van der Waals surface area contributed by atoms with Gasteiger partial charge in [-0.15, -0.1) is 15.3 Å². The molecule has 2 aromatic carbocycles. The van der Waals surface area contributed by atoms with E-state index in [2.05, 4.69) is 36.0 Å². The number of nitrogens with one attached hydrogen (secondary N) is 1. The number of carbonyl (C=O) groups is 1. The van der Waals surface area contributed by atoms with Crippen LogP contribution in [0.4, 0.5) is 0 Å². The predicted octanol–water partition coefficient (Wildman–Crippen LogP) is 2.98. The molecule has 0 fully saturated rings. The van der Waals surface area contributed by atoms with Crippen LogP contribution in [0.25, 0.3) is 0 Å². The van der Waals surface area contributed by atoms with Gasteiger partial charge >= 0.3 is 29.6 Å². The van der Waals surface area contributed by atoms with Gasteiger partial charge in [-0.1, -0.05) is 38.0 Å². The summed E-state index contributed by atoms with van der Waals surface area (Å²) in [5, 5.41) is 37.2. The Morgan fingerprint density at radius 2 is 1.87 bits per heavy atom. The molecule has 12 heteroatoms. The standard InChI is InChI=1S/C26H32N8O3.Na.H/c1-3-7-23-20(11-14-22(18(2)35)26(23)36)17-37-21-12-9-19(10-13-21)16-25-29-33-34(30-25)15-6-4-5-8-24-27-31-32-28-24;;/h9-14,36H,3-8,15-17H2,1-2H3,(H,27,28,31,32);;. The number of hydrogen-bond acceptors (Lipinski definition) is 9. The second kappa shape index (κ2) is 14.7. The van der Waals surface area contributed by atoms with E-state index in [1.165, 1.54) is 6.92 Å². The zero-order chi connectivity index (χ0) is 26.0. The van der Waals surface area contributed by atoms with Crippen LogP contribution in [0.1, 0.15) is 78.2 Å². The molecule has 0 amide bonds. The number of aryl methyl sites for hydroxylation is 2. The van der Waals surface area contributed by atoms with Crippen molar-refractivity contribution in [1.82, 2.24) is 40.8 Å². The number of nitrogens with zero attached hydrogens (tertiary/aromatic N) is 7. The van der Waals surface area contributed by atoms with Crippen molar-refractivity contribution in [3.63, 3.8) is 0 Å². The number of tetrazole rings is 2. The van der Waals surface area contributed by atoms with Crippen LogP contribution in [-0.4, -0.2) is 81.3 Å². The first-order chi connectivity index (χ1) is 18.0. The molecule has 0 saturated carbocycles. The first-order valence-electron chi connectivity index (χ1n) is 12.6. The molecule has 2 N–H and O–H groups in total. The number of aromatic nitrogens is 8. The van der Waals surface area contributed by atoms with E-state index in [1.807, 2.05) is 37.3 Å². The summed E-state index contributed by atoms with van der Waals surface area (Å²) < 4.78 is 5.97. The molecule has 0 atom stereocenters. The quantitative estimate of drug-likeness (QED) is 0.143. The summed E-state index contributed by atoms with van der Waals surface area (Å²) in [5.74, 6) is 2.12. The van der Waals surface area contributed by atoms with Crippen molar-refractivity contribution in [3.05, 3.63) is 70.3 Å². The second-order valence-electron chi connectivity index (χ2n) is 8.98. The van der Waals surface area contributed by atoms with Gasteiger partial charge in [0.2, 0.25) is 0 Å². The number of aromatic amines is 1. The summed E-state index contributed by atoms with van der Waals surface area (Å²) in [6.45, 7) is 4.53. The molecule has 0 saturated heterocycles. The number of benzene rings is 2. The van der Waals surface area contributed by atoms with E-state index in [0.717, 1.165) is 66.9 Å². The van der Waals surface area contributed by atoms with Gasteiger partial charge in [0.25, 0.3) is 0 Å². The van der Waals surface area contributed by atoms with Gasteiger partial charge < -0.3 is 9.84 Å². The SMILES string of the molecule is CCCc1c(COc2ccc(Cc3nnn(CCCCCc4nnn[nH]4)n3)cc2)ccc(C(C)=O)c1O.[NaH]. The average Bonchev–Trinajstić information content (AvgIpc) is 3.57. The van der Waals surface area contributed by atoms with E-state index in [9.17, 15) is 9.90 Å². The van der Waals surface area contributed by atoms with Gasteiger partial charge in [-0.2, -0.15) is 4.80 Å². The molecule has 2 aromatic heterocycles. The summed E-state index contributed by atoms with van der Waals surface area (Å²) in [5.41, 5.74) is 3.06. The third kappa shape index (κ3) is 8.17. The third-order valence-electron chi connectivity index (χ3n) is 6.09. The Bertz CT molecular complexity index is 1290. The Kier molecular flexibility index (Phi) is 11.4. The van der Waals surface area contributed by atoms with Gasteiger partial charge in [-0.25, -0.2) is 5.10 Å². The molecular formula is C26H33N8NaO3. The van der Waals surface area contributed by atoms with E-state index in [1.54, 1.807) is 10.9 Å². The Balaban J connectivity index is 0.00000400. The summed E-state index contributed by atoms with van der Waals surface area (Å²) in [7, 11) is 0. The summed E-state index contributed by atoms with van der Waals surface area (Å²) in [6, 6.07) is 11.3. The van der Waals surface area contributed by atoms with Crippen LogP contribution < -0.4 is 4.74 Å². The molecule has 196 valence electrons. The second-order valence-corrected chi connectivity index (χ2v) is 8.98. The topological polar surface area (TPSA) is 145 Å². The van der Waals surface area contributed by atoms with Gasteiger partial charge in [0.1, 0.15) is 23.9 Å². The number of aromatic hydroxyl groups is 1. The van der Waals surface area contributed by atoms with Crippen LogP contribution in [0.3, 0.4) is 0 Å². The van der Waals surface area contributed by atoms with Gasteiger partial charge in [-0.05, 0) is 71.2 Å². The maximum atomic E-state index is 11.8. The fraction of sp³-hybridized carbons (Fsp3) is 0.423. The van der Waals surface area contributed by atoms with Crippen LogP contribution in [-0.2, 0) is 32.4 Å². The molecule has 0 aliphatic carbocycles. The number of ketones is 1. The van der Waals surface area contributed by atoms with E-state index in [4.69, 9.17) is 4.74 Å². The number of ether oxygens (including phenoxy) is 1. The van der Waals surface area contributed by atoms with Gasteiger partial charge in [0, 0.05) is 18.4 Å². The molecule has 0 bridgehead atoms. The van der Waals surface area contributed by atoms with Crippen LogP contribution in [0.15, 0.2) is 36.4 Å². The molecular weight excluding hydrogens is 495 g/mol. The van der Waals surface area contributed by atoms with Crippen LogP contribution in [0.5, 0.6) is 11.5 Å². The maximum absolute atomic E-state index is 11.8. The summed E-state index contributed by atoms with van der Waals surface area (Å²) in [4.78, 5) is 13.4. The number of Topliss-reactive ketones (excluding diaryl/α,β-unsaturated/α-hetero) is 1. The van der Waals surface area contributed by atoms with E-state index >= 15 is 0 Å². The molecule has 0 aliphatic heterocycles. The van der Waals surface area contributed by atoms with Crippen molar-refractivity contribution in [2.24, 2.45) is 0 Å². The van der Waals surface area contributed by atoms with Crippen molar-refractivity contribution in [2.75, 3.05) is 0 Å². The molecule has 0 radical (unpaired) electrons. The van der Waals surface area contributed by atoms with E-state index in [-0.39, 0.29) is 41.1 Å². The zero-order valence-corrected chi connectivity index (χ0v) is 21.2. The molecule has 11 nitrogen and oxygen atoms in total. The molecule has 0 aliphatic rings. The first-order valence-corrected chi connectivity index (χ1v) is 12.6. The number of phenolic OH excluding ortho intramolecular Hbond substituents is 1. The number of H-pyrrole nitrogens is 1. The number of rotatable bonds is 14. The van der Waals surface area contributed by atoms with E-state index in [0.29, 0.717) is 30.8 Å². The van der Waals surface area contributed by atoms with Crippen molar-refractivity contribution in [1.29, 1.82) is 0 Å². The van der Waals surface area contributed by atoms with Gasteiger partial charge in [-0.3, -0.25) is 4.79 Å². The Morgan fingerprint density at radius 1 is 1.05 bits per heavy atom. The molecule has 38 heavy (non-hydrogen) atoms. The van der Waals surface area contributed by atoms with Crippen molar-refractivity contribution in [3.8, 4) is 11.5 Å². The monoisotopic (exact) mass is 528 g/mol. The number of hydrogen-bond donors (Lipinski definition) is 2. The van der Waals surface area contributed by atoms with Crippen LogP contribution in [0.2, 0.25) is 0 Å². The van der Waals surface area contributed by atoms with Gasteiger partial charge in [0.15, 0.2) is 11.6 Å². The summed E-state index contributed by atoms with van der Waals surface area (Å²) in [6.07, 6.45) is 5.93. The molecule has 0 unspecified atom stereocenters. The number of carbonyl (C=O) groups excluding carboxylic acids is 1. The number of phenols is 1. The predicted molar refractivity (Wildman–Crippen MR) is 142 cm³/mol. The third-order valence-corrected chi connectivity index (χ3v) is 6.09. The molecule has 4 rings (SSSR count). The minimum absolute atomic E-state index is 0. The van der Waals surface area contributed by atoms with Crippen molar-refractivity contribution < 1.29 is 14.6 Å². The normalized spacial score (nSPS) is 10.8. The van der Waals surface area contributed by atoms with Crippen LogP contribution >= 0.6 is 0 Å². The zero-order valence-electron chi connectivity index (χ0n) is 21.2. The molecule has 4 aromatic rings. The minimum atomic E-state index is -0.149. The molecule has 0 spiro atoms. The first kappa shape index (κ1) is 29.4. The number of unbranched alkanes of at least 4 members (excludes halogenated alkanes) is 2. The van der Waals surface area contributed by atoms with E-state index < -0.39 is 0 Å². The van der Waals surface area contributed by atoms with Crippen LogP contribution in [0, 0.1) is 0 Å². The van der Waals surface area contributed by atoms with Gasteiger partial charge in [0.05, 0.1) is 12.1 Å². The summed E-state index contributed by atoms with van der Waals surface area (Å²) >= 11 is 0. The van der Waals surface area contributed by atoms with Crippen molar-refractivity contribution >= 4 is 35.3 Å². The fourth-order valence-electron chi connectivity index (χ4n) is 4.12. The fourth-order valence-corrected chi connectivity index (χ4v) is 4.12.